The predicted molar refractivity (Wildman–Crippen MR) is 105 cm³/mol. The van der Waals surface area contributed by atoms with Gasteiger partial charge in [-0.2, -0.15) is 0 Å². The van der Waals surface area contributed by atoms with Gasteiger partial charge in [0.25, 0.3) is 5.91 Å². The Balaban J connectivity index is 2.00. The number of benzene rings is 2. The van der Waals surface area contributed by atoms with E-state index in [0.717, 1.165) is 24.0 Å². The van der Waals surface area contributed by atoms with Gasteiger partial charge >= 0.3 is 0 Å². The molecule has 0 heterocycles. The molecule has 0 bridgehead atoms. The smallest absolute Gasteiger partial charge is 0.269 e. The number of carbonyl (C=O) groups excluding carboxylic acids is 2. The fourth-order valence-electron chi connectivity index (χ4n) is 2.82. The lowest BCUT2D eigenvalue weighted by Crippen LogP contribution is -2.44. The molecule has 26 heavy (non-hydrogen) atoms. The van der Waals surface area contributed by atoms with Gasteiger partial charge in [-0.3, -0.25) is 20.4 Å². The number of rotatable bonds is 5. The van der Waals surface area contributed by atoms with E-state index in [1.165, 1.54) is 0 Å². The average molecular weight is 352 g/mol. The van der Waals surface area contributed by atoms with Gasteiger partial charge in [0.1, 0.15) is 0 Å². The number of hydrazine groups is 1. The molecule has 2 N–H and O–H groups in total. The van der Waals surface area contributed by atoms with Gasteiger partial charge in [-0.15, -0.1) is 0 Å². The zero-order valence-electron chi connectivity index (χ0n) is 16.0. The van der Waals surface area contributed by atoms with Gasteiger partial charge in [0.05, 0.1) is 5.92 Å². The van der Waals surface area contributed by atoms with Gasteiger partial charge in [-0.25, -0.2) is 0 Å². The van der Waals surface area contributed by atoms with Crippen LogP contribution in [0, 0.1) is 0 Å². The SMILES string of the molecule is CCC[C@H](C(=O)NNC(=O)c1ccc(C(C)(C)C)cc1)c1ccccc1. The second-order valence-electron chi connectivity index (χ2n) is 7.52. The normalized spacial score (nSPS) is 12.3. The van der Waals surface area contributed by atoms with E-state index in [1.807, 2.05) is 49.4 Å². The van der Waals surface area contributed by atoms with Crippen molar-refractivity contribution in [2.75, 3.05) is 0 Å². The zero-order chi connectivity index (χ0) is 19.2. The van der Waals surface area contributed by atoms with Crippen molar-refractivity contribution in [1.29, 1.82) is 0 Å². The predicted octanol–water partition coefficient (Wildman–Crippen LogP) is 4.33. The van der Waals surface area contributed by atoms with Crippen LogP contribution in [0.5, 0.6) is 0 Å². The van der Waals surface area contributed by atoms with Crippen LogP contribution in [0.25, 0.3) is 0 Å². The molecule has 0 saturated carbocycles. The third-order valence-corrected chi connectivity index (χ3v) is 4.41. The van der Waals surface area contributed by atoms with Crippen molar-refractivity contribution in [2.24, 2.45) is 0 Å². The molecule has 0 aromatic heterocycles. The van der Waals surface area contributed by atoms with Gasteiger partial charge < -0.3 is 0 Å². The highest BCUT2D eigenvalue weighted by Crippen LogP contribution is 2.22. The summed E-state index contributed by atoms with van der Waals surface area (Å²) < 4.78 is 0. The maximum atomic E-state index is 12.5. The van der Waals surface area contributed by atoms with E-state index in [9.17, 15) is 9.59 Å². The summed E-state index contributed by atoms with van der Waals surface area (Å²) >= 11 is 0. The number of hydrogen-bond acceptors (Lipinski definition) is 2. The van der Waals surface area contributed by atoms with Crippen molar-refractivity contribution >= 4 is 11.8 Å². The first-order valence-electron chi connectivity index (χ1n) is 9.08. The summed E-state index contributed by atoms with van der Waals surface area (Å²) in [7, 11) is 0. The average Bonchev–Trinajstić information content (AvgIpc) is 2.64. The Labute approximate surface area is 156 Å². The van der Waals surface area contributed by atoms with Gasteiger partial charge in [0, 0.05) is 5.56 Å². The Hall–Kier alpha value is -2.62. The van der Waals surface area contributed by atoms with Crippen LogP contribution in [0.4, 0.5) is 0 Å². The van der Waals surface area contributed by atoms with E-state index in [-0.39, 0.29) is 23.1 Å². The van der Waals surface area contributed by atoms with Crippen LogP contribution >= 0.6 is 0 Å². The lowest BCUT2D eigenvalue weighted by atomic mass is 9.87. The first kappa shape index (κ1) is 19.7. The molecule has 0 fully saturated rings. The van der Waals surface area contributed by atoms with Gasteiger partial charge in [-0.05, 0) is 35.1 Å². The van der Waals surface area contributed by atoms with Gasteiger partial charge in [0.15, 0.2) is 0 Å². The van der Waals surface area contributed by atoms with Crippen LogP contribution in [0.15, 0.2) is 54.6 Å². The van der Waals surface area contributed by atoms with Crippen LogP contribution in [-0.2, 0) is 10.2 Å². The monoisotopic (exact) mass is 352 g/mol. The number of carbonyl (C=O) groups is 2. The minimum absolute atomic E-state index is 0.0340. The Kier molecular flexibility index (Phi) is 6.56. The van der Waals surface area contributed by atoms with Crippen molar-refractivity contribution in [3.63, 3.8) is 0 Å². The van der Waals surface area contributed by atoms with Crippen molar-refractivity contribution in [3.8, 4) is 0 Å². The summed E-state index contributed by atoms with van der Waals surface area (Å²) in [5, 5.41) is 0. The summed E-state index contributed by atoms with van der Waals surface area (Å²) in [4.78, 5) is 24.8. The van der Waals surface area contributed by atoms with Crippen LogP contribution in [0.2, 0.25) is 0 Å². The van der Waals surface area contributed by atoms with E-state index in [1.54, 1.807) is 12.1 Å². The third-order valence-electron chi connectivity index (χ3n) is 4.41. The van der Waals surface area contributed by atoms with Crippen molar-refractivity contribution in [3.05, 3.63) is 71.3 Å². The molecule has 0 aliphatic carbocycles. The van der Waals surface area contributed by atoms with E-state index in [2.05, 4.69) is 31.6 Å². The number of amides is 2. The van der Waals surface area contributed by atoms with Crippen LogP contribution in [0.3, 0.4) is 0 Å². The fraction of sp³-hybridized carbons (Fsp3) is 0.364. The zero-order valence-corrected chi connectivity index (χ0v) is 16.0. The summed E-state index contributed by atoms with van der Waals surface area (Å²) in [5.41, 5.74) is 7.76. The highest BCUT2D eigenvalue weighted by atomic mass is 16.2. The minimum Gasteiger partial charge on any atom is -0.273 e. The molecular weight excluding hydrogens is 324 g/mol. The summed E-state index contributed by atoms with van der Waals surface area (Å²) in [6, 6.07) is 17.1. The second-order valence-corrected chi connectivity index (χ2v) is 7.52. The molecule has 0 aliphatic rings. The minimum atomic E-state index is -0.317. The van der Waals surface area contributed by atoms with Crippen LogP contribution in [-0.4, -0.2) is 11.8 Å². The Morgan fingerprint density at radius 2 is 1.54 bits per heavy atom. The lowest BCUT2D eigenvalue weighted by Gasteiger charge is -2.19. The Morgan fingerprint density at radius 3 is 2.08 bits per heavy atom. The Bertz CT molecular complexity index is 731. The molecule has 0 spiro atoms. The molecule has 138 valence electrons. The molecule has 2 rings (SSSR count). The lowest BCUT2D eigenvalue weighted by molar-refractivity contribution is -0.123. The third kappa shape index (κ3) is 5.19. The maximum Gasteiger partial charge on any atom is 0.269 e. The highest BCUT2D eigenvalue weighted by molar-refractivity contribution is 5.96. The first-order valence-corrected chi connectivity index (χ1v) is 9.08. The molecule has 0 aliphatic heterocycles. The molecule has 4 heteroatoms. The summed E-state index contributed by atoms with van der Waals surface area (Å²) in [6.07, 6.45) is 1.61. The summed E-state index contributed by atoms with van der Waals surface area (Å²) in [5.74, 6) is -0.787. The number of hydrogen-bond donors (Lipinski definition) is 2. The molecule has 0 unspecified atom stereocenters. The molecule has 0 saturated heterocycles. The quantitative estimate of drug-likeness (QED) is 0.787. The van der Waals surface area contributed by atoms with Crippen LogP contribution < -0.4 is 10.9 Å². The van der Waals surface area contributed by atoms with Crippen molar-refractivity contribution < 1.29 is 9.59 Å². The molecule has 4 nitrogen and oxygen atoms in total. The standard InChI is InChI=1S/C22H28N2O2/c1-5-9-19(16-10-7-6-8-11-16)21(26)24-23-20(25)17-12-14-18(15-13-17)22(2,3)4/h6-8,10-15,19H,5,9H2,1-4H3,(H,23,25)(H,24,26)/t19-/m0/s1. The summed E-state index contributed by atoms with van der Waals surface area (Å²) in [6.45, 7) is 8.41. The Morgan fingerprint density at radius 1 is 0.923 bits per heavy atom. The topological polar surface area (TPSA) is 58.2 Å². The van der Waals surface area contributed by atoms with Crippen LogP contribution in [0.1, 0.15) is 67.9 Å². The van der Waals surface area contributed by atoms with E-state index >= 15 is 0 Å². The molecule has 2 amide bonds. The molecule has 2 aromatic rings. The highest BCUT2D eigenvalue weighted by Gasteiger charge is 2.20. The van der Waals surface area contributed by atoms with E-state index in [0.29, 0.717) is 5.56 Å². The van der Waals surface area contributed by atoms with Gasteiger partial charge in [-0.1, -0.05) is 76.6 Å². The van der Waals surface area contributed by atoms with E-state index < -0.39 is 0 Å². The fourth-order valence-corrected chi connectivity index (χ4v) is 2.82. The second kappa shape index (κ2) is 8.65. The first-order chi connectivity index (χ1) is 12.3. The largest absolute Gasteiger partial charge is 0.273 e. The number of nitrogens with one attached hydrogen (secondary N) is 2. The van der Waals surface area contributed by atoms with Gasteiger partial charge in [0.2, 0.25) is 5.91 Å². The molecule has 0 radical (unpaired) electrons. The van der Waals surface area contributed by atoms with E-state index in [4.69, 9.17) is 0 Å². The molecular formula is C22H28N2O2. The van der Waals surface area contributed by atoms with Crippen molar-refractivity contribution in [1.82, 2.24) is 10.9 Å². The van der Waals surface area contributed by atoms with Crippen molar-refractivity contribution in [2.45, 2.75) is 51.9 Å². The molecule has 2 aromatic carbocycles. The maximum absolute atomic E-state index is 12.5. The molecule has 1 atom stereocenters.